The SMILES string of the molecule is CC(=O)C(N)(c1ccccc1)c1ccc(C(=O)NO)cc1. The highest BCUT2D eigenvalue weighted by Gasteiger charge is 2.34. The van der Waals surface area contributed by atoms with Gasteiger partial charge in [0.15, 0.2) is 5.78 Å². The predicted molar refractivity (Wildman–Crippen MR) is 77.8 cm³/mol. The van der Waals surface area contributed by atoms with Crippen molar-refractivity contribution >= 4 is 11.7 Å². The Hall–Kier alpha value is -2.50. The van der Waals surface area contributed by atoms with Crippen LogP contribution in [0.3, 0.4) is 0 Å². The molecule has 1 unspecified atom stereocenters. The number of nitrogens with one attached hydrogen (secondary N) is 1. The first-order chi connectivity index (χ1) is 10.00. The summed E-state index contributed by atoms with van der Waals surface area (Å²) >= 11 is 0. The van der Waals surface area contributed by atoms with Gasteiger partial charge < -0.3 is 5.73 Å². The molecule has 21 heavy (non-hydrogen) atoms. The third-order valence-electron chi connectivity index (χ3n) is 3.49. The van der Waals surface area contributed by atoms with E-state index in [0.29, 0.717) is 11.1 Å². The fraction of sp³-hybridized carbons (Fsp3) is 0.125. The van der Waals surface area contributed by atoms with Crippen LogP contribution in [0.4, 0.5) is 0 Å². The van der Waals surface area contributed by atoms with Gasteiger partial charge in [-0.15, -0.1) is 0 Å². The first-order valence-corrected chi connectivity index (χ1v) is 6.40. The Balaban J connectivity index is 2.49. The van der Waals surface area contributed by atoms with Crippen molar-refractivity contribution < 1.29 is 14.8 Å². The lowest BCUT2D eigenvalue weighted by Crippen LogP contribution is -2.44. The Morgan fingerprint density at radius 1 is 1.00 bits per heavy atom. The molecule has 4 N–H and O–H groups in total. The molecule has 0 aromatic heterocycles. The van der Waals surface area contributed by atoms with E-state index in [1.807, 2.05) is 18.2 Å². The molecule has 2 rings (SSSR count). The van der Waals surface area contributed by atoms with Gasteiger partial charge in [-0.1, -0.05) is 42.5 Å². The zero-order valence-corrected chi connectivity index (χ0v) is 11.5. The number of Topliss-reactive ketones (excluding diaryl/α,β-unsaturated/α-hetero) is 1. The standard InChI is InChI=1S/C16H16N2O3/c1-11(19)16(17,13-5-3-2-4-6-13)14-9-7-12(8-10-14)15(20)18-21/h2-10,21H,17H2,1H3,(H,18,20). The van der Waals surface area contributed by atoms with E-state index in [4.69, 9.17) is 10.9 Å². The summed E-state index contributed by atoms with van der Waals surface area (Å²) < 4.78 is 0. The van der Waals surface area contributed by atoms with Crippen LogP contribution in [0.25, 0.3) is 0 Å². The van der Waals surface area contributed by atoms with Gasteiger partial charge in [0.25, 0.3) is 5.91 Å². The number of hydrogen-bond acceptors (Lipinski definition) is 4. The van der Waals surface area contributed by atoms with E-state index in [-0.39, 0.29) is 11.3 Å². The Bertz CT molecular complexity index is 653. The van der Waals surface area contributed by atoms with Crippen LogP contribution in [0, 0.1) is 0 Å². The van der Waals surface area contributed by atoms with Gasteiger partial charge in [-0.2, -0.15) is 0 Å². The molecule has 2 aromatic carbocycles. The first kappa shape index (κ1) is 14.9. The van der Waals surface area contributed by atoms with Gasteiger partial charge in [-0.25, -0.2) is 5.48 Å². The minimum absolute atomic E-state index is 0.201. The summed E-state index contributed by atoms with van der Waals surface area (Å²) in [7, 11) is 0. The minimum Gasteiger partial charge on any atom is -0.312 e. The van der Waals surface area contributed by atoms with E-state index in [1.165, 1.54) is 19.1 Å². The molecule has 1 amide bonds. The number of hydrogen-bond donors (Lipinski definition) is 3. The predicted octanol–water partition coefficient (Wildman–Crippen LogP) is 1.60. The molecule has 0 heterocycles. The molecule has 0 saturated carbocycles. The van der Waals surface area contributed by atoms with Crippen LogP contribution in [-0.2, 0) is 10.3 Å². The summed E-state index contributed by atoms with van der Waals surface area (Å²) in [4.78, 5) is 23.4. The Morgan fingerprint density at radius 2 is 1.52 bits per heavy atom. The molecule has 108 valence electrons. The number of ketones is 1. The fourth-order valence-electron chi connectivity index (χ4n) is 2.22. The van der Waals surface area contributed by atoms with E-state index in [1.54, 1.807) is 29.7 Å². The minimum atomic E-state index is -1.27. The van der Waals surface area contributed by atoms with Gasteiger partial charge in [-0.3, -0.25) is 14.8 Å². The van der Waals surface area contributed by atoms with Crippen LogP contribution in [0.2, 0.25) is 0 Å². The summed E-state index contributed by atoms with van der Waals surface area (Å²) in [5, 5.41) is 8.61. The number of hydroxylamine groups is 1. The van der Waals surface area contributed by atoms with Crippen LogP contribution in [0.1, 0.15) is 28.4 Å². The van der Waals surface area contributed by atoms with Gasteiger partial charge in [-0.05, 0) is 30.2 Å². The quantitative estimate of drug-likeness (QED) is 0.587. The monoisotopic (exact) mass is 284 g/mol. The molecule has 1 atom stereocenters. The molecule has 2 aromatic rings. The Kier molecular flexibility index (Phi) is 4.16. The Morgan fingerprint density at radius 3 is 2.00 bits per heavy atom. The number of carbonyl (C=O) groups is 2. The lowest BCUT2D eigenvalue weighted by Gasteiger charge is -2.28. The smallest absolute Gasteiger partial charge is 0.274 e. The molecule has 0 aliphatic rings. The first-order valence-electron chi connectivity index (χ1n) is 6.40. The topological polar surface area (TPSA) is 92.4 Å². The van der Waals surface area contributed by atoms with Gasteiger partial charge in [0, 0.05) is 5.56 Å². The second-order valence-electron chi connectivity index (χ2n) is 4.75. The fourth-order valence-corrected chi connectivity index (χ4v) is 2.22. The molecule has 0 spiro atoms. The highest BCUT2D eigenvalue weighted by atomic mass is 16.5. The van der Waals surface area contributed by atoms with Crippen molar-refractivity contribution in [2.24, 2.45) is 5.73 Å². The number of amides is 1. The molecule has 0 bridgehead atoms. The summed E-state index contributed by atoms with van der Waals surface area (Å²) in [6, 6.07) is 15.3. The summed E-state index contributed by atoms with van der Waals surface area (Å²) in [6.45, 7) is 1.43. The molecule has 0 aliphatic carbocycles. The molecule has 0 aliphatic heterocycles. The van der Waals surface area contributed by atoms with Gasteiger partial charge in [0.2, 0.25) is 0 Å². The van der Waals surface area contributed by atoms with Crippen LogP contribution in [0.5, 0.6) is 0 Å². The molecule has 0 fully saturated rings. The van der Waals surface area contributed by atoms with E-state index in [0.717, 1.165) is 0 Å². The third kappa shape index (κ3) is 2.69. The average Bonchev–Trinajstić information content (AvgIpc) is 2.54. The van der Waals surface area contributed by atoms with Crippen molar-refractivity contribution in [2.45, 2.75) is 12.5 Å². The summed E-state index contributed by atoms with van der Waals surface area (Å²) in [6.07, 6.45) is 0. The van der Waals surface area contributed by atoms with Gasteiger partial charge >= 0.3 is 0 Å². The second kappa shape index (κ2) is 5.87. The highest BCUT2D eigenvalue weighted by molar-refractivity contribution is 5.94. The van der Waals surface area contributed by atoms with Gasteiger partial charge in [0.1, 0.15) is 5.54 Å². The van der Waals surface area contributed by atoms with Crippen LogP contribution in [0.15, 0.2) is 54.6 Å². The maximum atomic E-state index is 12.1. The number of carbonyl (C=O) groups excluding carboxylic acids is 2. The normalized spacial score (nSPS) is 13.3. The molecule has 5 heteroatoms. The average molecular weight is 284 g/mol. The van der Waals surface area contributed by atoms with Crippen molar-refractivity contribution in [3.63, 3.8) is 0 Å². The zero-order valence-electron chi connectivity index (χ0n) is 11.5. The van der Waals surface area contributed by atoms with Gasteiger partial charge in [0.05, 0.1) is 0 Å². The van der Waals surface area contributed by atoms with E-state index >= 15 is 0 Å². The van der Waals surface area contributed by atoms with E-state index in [9.17, 15) is 9.59 Å². The number of benzene rings is 2. The van der Waals surface area contributed by atoms with Crippen LogP contribution >= 0.6 is 0 Å². The maximum Gasteiger partial charge on any atom is 0.274 e. The van der Waals surface area contributed by atoms with Crippen LogP contribution in [-0.4, -0.2) is 16.9 Å². The summed E-state index contributed by atoms with van der Waals surface area (Å²) in [5.74, 6) is -0.820. The molecule has 5 nitrogen and oxygen atoms in total. The molecule has 0 saturated heterocycles. The van der Waals surface area contributed by atoms with Crippen molar-refractivity contribution in [1.29, 1.82) is 0 Å². The zero-order chi connectivity index (χ0) is 15.5. The van der Waals surface area contributed by atoms with Crippen molar-refractivity contribution in [3.05, 3.63) is 71.3 Å². The van der Waals surface area contributed by atoms with E-state index < -0.39 is 11.4 Å². The Labute approximate surface area is 122 Å². The van der Waals surface area contributed by atoms with Crippen molar-refractivity contribution in [1.82, 2.24) is 5.48 Å². The van der Waals surface area contributed by atoms with Crippen molar-refractivity contribution in [3.8, 4) is 0 Å². The largest absolute Gasteiger partial charge is 0.312 e. The maximum absolute atomic E-state index is 12.1. The lowest BCUT2D eigenvalue weighted by molar-refractivity contribution is -0.120. The highest BCUT2D eigenvalue weighted by Crippen LogP contribution is 2.28. The molecule has 0 radical (unpaired) electrons. The third-order valence-corrected chi connectivity index (χ3v) is 3.49. The second-order valence-corrected chi connectivity index (χ2v) is 4.75. The molecular weight excluding hydrogens is 268 g/mol. The van der Waals surface area contributed by atoms with E-state index in [2.05, 4.69) is 0 Å². The number of nitrogens with two attached hydrogens (primary N) is 1. The number of rotatable bonds is 4. The lowest BCUT2D eigenvalue weighted by atomic mass is 9.80. The van der Waals surface area contributed by atoms with Crippen LogP contribution < -0.4 is 11.2 Å². The molecular formula is C16H16N2O3. The summed E-state index contributed by atoms with van der Waals surface area (Å²) in [5.41, 5.74) is 8.17. The van der Waals surface area contributed by atoms with Crippen molar-refractivity contribution in [2.75, 3.05) is 0 Å².